The largest absolute Gasteiger partial charge is 0.453 e. The highest BCUT2D eigenvalue weighted by molar-refractivity contribution is 6.20. The van der Waals surface area contributed by atoms with Crippen LogP contribution >= 0.6 is 0 Å². The van der Waals surface area contributed by atoms with Gasteiger partial charge in [-0.3, -0.25) is 0 Å². The fourth-order valence-electron chi connectivity index (χ4n) is 5.64. The molecule has 0 atom stereocenters. The first-order valence-electron chi connectivity index (χ1n) is 12.5. The lowest BCUT2D eigenvalue weighted by molar-refractivity contribution is 0.477. The van der Waals surface area contributed by atoms with Crippen molar-refractivity contribution in [1.82, 2.24) is 4.98 Å². The standard InChI is InChI=1S/C34H22N2O/c1-2-9-25(10-3-1)36-30-12-6-7-13-32(30)37-33-21-24(16-19-31(33)36)23-15-17-28-27(20-23)34-26-11-5-4-8-22(26)14-18-29(34)35-28/h1-21,35H. The van der Waals surface area contributed by atoms with E-state index < -0.39 is 0 Å². The number of aromatic amines is 1. The topological polar surface area (TPSA) is 28.3 Å². The maximum absolute atomic E-state index is 6.44. The van der Waals surface area contributed by atoms with E-state index in [1.807, 2.05) is 18.2 Å². The molecule has 1 aliphatic rings. The zero-order valence-electron chi connectivity index (χ0n) is 20.0. The first-order valence-corrected chi connectivity index (χ1v) is 12.5. The number of ether oxygens (including phenoxy) is 1. The highest BCUT2D eigenvalue weighted by Crippen LogP contribution is 2.51. The van der Waals surface area contributed by atoms with Crippen LogP contribution in [0.1, 0.15) is 0 Å². The number of H-pyrrole nitrogens is 1. The van der Waals surface area contributed by atoms with Crippen LogP contribution in [0.2, 0.25) is 0 Å². The Kier molecular flexibility index (Phi) is 4.23. The summed E-state index contributed by atoms with van der Waals surface area (Å²) in [6.45, 7) is 0. The van der Waals surface area contributed by atoms with Crippen LogP contribution in [0.15, 0.2) is 127 Å². The Balaban J connectivity index is 1.30. The Labute approximate surface area is 214 Å². The lowest BCUT2D eigenvalue weighted by Gasteiger charge is -2.33. The van der Waals surface area contributed by atoms with E-state index in [1.165, 1.54) is 21.5 Å². The van der Waals surface area contributed by atoms with Crippen LogP contribution in [0.25, 0.3) is 43.7 Å². The van der Waals surface area contributed by atoms with Crippen LogP contribution in [0, 0.1) is 0 Å². The Bertz CT molecular complexity index is 1970. The van der Waals surface area contributed by atoms with Crippen LogP contribution in [-0.2, 0) is 0 Å². The van der Waals surface area contributed by atoms with Crippen molar-refractivity contribution in [3.05, 3.63) is 127 Å². The molecular formula is C34H22N2O. The van der Waals surface area contributed by atoms with Gasteiger partial charge in [0.15, 0.2) is 11.5 Å². The second-order valence-electron chi connectivity index (χ2n) is 9.52. The van der Waals surface area contributed by atoms with Gasteiger partial charge in [0, 0.05) is 27.5 Å². The SMILES string of the molecule is c1ccc(N2c3ccccc3Oc3cc(-c4ccc5[nH]c6ccc7ccccc7c6c5c4)ccc32)cc1. The molecule has 0 fully saturated rings. The molecule has 8 rings (SSSR count). The normalized spacial score (nSPS) is 12.5. The minimum absolute atomic E-state index is 0.851. The first-order chi connectivity index (χ1) is 18.3. The van der Waals surface area contributed by atoms with Gasteiger partial charge in [-0.2, -0.15) is 0 Å². The van der Waals surface area contributed by atoms with Crippen molar-refractivity contribution in [2.75, 3.05) is 4.90 Å². The molecule has 7 aromatic rings. The van der Waals surface area contributed by atoms with Crippen LogP contribution in [0.4, 0.5) is 17.1 Å². The number of benzene rings is 6. The van der Waals surface area contributed by atoms with E-state index in [-0.39, 0.29) is 0 Å². The van der Waals surface area contributed by atoms with Gasteiger partial charge in [-0.05, 0) is 76.5 Å². The number of aromatic nitrogens is 1. The lowest BCUT2D eigenvalue weighted by atomic mass is 9.99. The number of anilines is 3. The summed E-state index contributed by atoms with van der Waals surface area (Å²) in [5.74, 6) is 1.71. The maximum Gasteiger partial charge on any atom is 0.152 e. The Morgan fingerprint density at radius 2 is 1.24 bits per heavy atom. The summed E-state index contributed by atoms with van der Waals surface area (Å²) in [4.78, 5) is 5.87. The third-order valence-corrected chi connectivity index (χ3v) is 7.36. The van der Waals surface area contributed by atoms with Crippen LogP contribution < -0.4 is 9.64 Å². The van der Waals surface area contributed by atoms with Gasteiger partial charge in [0.2, 0.25) is 0 Å². The van der Waals surface area contributed by atoms with Gasteiger partial charge in [0.05, 0.1) is 11.4 Å². The fourth-order valence-corrected chi connectivity index (χ4v) is 5.64. The van der Waals surface area contributed by atoms with E-state index >= 15 is 0 Å². The number of fused-ring (bicyclic) bond motifs is 7. The second kappa shape index (κ2) is 7.74. The average Bonchev–Trinajstić information content (AvgIpc) is 3.34. The van der Waals surface area contributed by atoms with Crippen molar-refractivity contribution < 1.29 is 4.74 Å². The molecular weight excluding hydrogens is 452 g/mol. The molecule has 0 aliphatic carbocycles. The molecule has 1 aromatic heterocycles. The maximum atomic E-state index is 6.44. The molecule has 0 saturated carbocycles. The van der Waals surface area contributed by atoms with Gasteiger partial charge in [0.25, 0.3) is 0 Å². The van der Waals surface area contributed by atoms with Gasteiger partial charge in [-0.25, -0.2) is 0 Å². The van der Waals surface area contributed by atoms with Gasteiger partial charge >= 0.3 is 0 Å². The molecule has 37 heavy (non-hydrogen) atoms. The molecule has 6 aromatic carbocycles. The highest BCUT2D eigenvalue weighted by atomic mass is 16.5. The van der Waals surface area contributed by atoms with E-state index in [9.17, 15) is 0 Å². The summed E-state index contributed by atoms with van der Waals surface area (Å²) < 4.78 is 6.44. The molecule has 0 bridgehead atoms. The van der Waals surface area contributed by atoms with Crippen molar-refractivity contribution in [3.8, 4) is 22.6 Å². The third kappa shape index (κ3) is 3.08. The van der Waals surface area contributed by atoms with Crippen molar-refractivity contribution in [2.24, 2.45) is 0 Å². The summed E-state index contributed by atoms with van der Waals surface area (Å²) in [5.41, 5.74) is 7.79. The summed E-state index contributed by atoms with van der Waals surface area (Å²) in [6, 6.07) is 44.8. The Morgan fingerprint density at radius 1 is 0.514 bits per heavy atom. The van der Waals surface area contributed by atoms with E-state index in [4.69, 9.17) is 4.74 Å². The molecule has 3 heteroatoms. The average molecular weight is 475 g/mol. The fraction of sp³-hybridized carbons (Fsp3) is 0. The van der Waals surface area contributed by atoms with Crippen LogP contribution in [0.5, 0.6) is 11.5 Å². The number of nitrogens with one attached hydrogen (secondary N) is 1. The van der Waals surface area contributed by atoms with Gasteiger partial charge in [-0.1, -0.05) is 72.8 Å². The highest BCUT2D eigenvalue weighted by Gasteiger charge is 2.26. The number of nitrogens with zero attached hydrogens (tertiary/aromatic N) is 1. The summed E-state index contributed by atoms with van der Waals surface area (Å²) in [5, 5.41) is 5.03. The van der Waals surface area contributed by atoms with Gasteiger partial charge in [0.1, 0.15) is 0 Å². The molecule has 1 aliphatic heterocycles. The number of hydrogen-bond acceptors (Lipinski definition) is 2. The molecule has 2 heterocycles. The van der Waals surface area contributed by atoms with E-state index in [0.717, 1.165) is 50.7 Å². The summed E-state index contributed by atoms with van der Waals surface area (Å²) >= 11 is 0. The predicted molar refractivity (Wildman–Crippen MR) is 154 cm³/mol. The van der Waals surface area contributed by atoms with Crippen molar-refractivity contribution in [1.29, 1.82) is 0 Å². The van der Waals surface area contributed by atoms with E-state index in [1.54, 1.807) is 0 Å². The molecule has 174 valence electrons. The van der Waals surface area contributed by atoms with Crippen LogP contribution in [-0.4, -0.2) is 4.98 Å². The molecule has 1 N–H and O–H groups in total. The number of para-hydroxylation sites is 3. The lowest BCUT2D eigenvalue weighted by Crippen LogP contribution is -2.15. The molecule has 0 radical (unpaired) electrons. The zero-order chi connectivity index (χ0) is 24.3. The van der Waals surface area contributed by atoms with Crippen LogP contribution in [0.3, 0.4) is 0 Å². The van der Waals surface area contributed by atoms with Crippen molar-refractivity contribution in [2.45, 2.75) is 0 Å². The van der Waals surface area contributed by atoms with Crippen molar-refractivity contribution in [3.63, 3.8) is 0 Å². The second-order valence-corrected chi connectivity index (χ2v) is 9.52. The minimum atomic E-state index is 0.851. The Morgan fingerprint density at radius 3 is 2.19 bits per heavy atom. The zero-order valence-corrected chi connectivity index (χ0v) is 20.0. The molecule has 0 saturated heterocycles. The van der Waals surface area contributed by atoms with Gasteiger partial charge < -0.3 is 14.6 Å². The smallest absolute Gasteiger partial charge is 0.152 e. The molecule has 0 spiro atoms. The summed E-state index contributed by atoms with van der Waals surface area (Å²) in [6.07, 6.45) is 0. The number of rotatable bonds is 2. The van der Waals surface area contributed by atoms with Gasteiger partial charge in [-0.15, -0.1) is 0 Å². The summed E-state index contributed by atoms with van der Waals surface area (Å²) in [7, 11) is 0. The molecule has 0 amide bonds. The third-order valence-electron chi connectivity index (χ3n) is 7.36. The Hall–Kier alpha value is -5.02. The monoisotopic (exact) mass is 474 g/mol. The van der Waals surface area contributed by atoms with Crippen molar-refractivity contribution >= 4 is 49.6 Å². The predicted octanol–water partition coefficient (Wildman–Crippen LogP) is 9.72. The van der Waals surface area contributed by atoms with E-state index in [0.29, 0.717) is 0 Å². The number of hydrogen-bond donors (Lipinski definition) is 1. The minimum Gasteiger partial charge on any atom is -0.453 e. The van der Waals surface area contributed by atoms with E-state index in [2.05, 4.69) is 119 Å². The molecule has 3 nitrogen and oxygen atoms in total. The molecule has 0 unspecified atom stereocenters. The quantitative estimate of drug-likeness (QED) is 0.270. The first kappa shape index (κ1) is 20.2.